The Morgan fingerprint density at radius 2 is 1.90 bits per heavy atom. The number of aryl methyl sites for hydroxylation is 1. The highest BCUT2D eigenvalue weighted by molar-refractivity contribution is 7.80. The molecule has 4 rings (SSSR count). The first-order chi connectivity index (χ1) is 14.6. The molecule has 1 fully saturated rings. The van der Waals surface area contributed by atoms with E-state index in [1.54, 1.807) is 6.08 Å². The number of benzene rings is 2. The lowest BCUT2D eigenvalue weighted by atomic mass is 9.80. The second-order valence-electron chi connectivity index (χ2n) is 9.09. The van der Waals surface area contributed by atoms with Crippen LogP contribution in [0.2, 0.25) is 0 Å². The molecule has 160 valence electrons. The van der Waals surface area contributed by atoms with Gasteiger partial charge in [0.1, 0.15) is 5.57 Å². The second-order valence-corrected chi connectivity index (χ2v) is 9.48. The number of fused-ring (bicyclic) bond motifs is 1. The highest BCUT2D eigenvalue weighted by Gasteiger charge is 2.36. The quantitative estimate of drug-likeness (QED) is 0.429. The summed E-state index contributed by atoms with van der Waals surface area (Å²) in [5.74, 6) is -0.502. The zero-order valence-corrected chi connectivity index (χ0v) is 19.3. The summed E-state index contributed by atoms with van der Waals surface area (Å²) in [5, 5.41) is 2.76. The average Bonchev–Trinajstić information content (AvgIpc) is 2.69. The summed E-state index contributed by atoms with van der Waals surface area (Å²) in [6.45, 7) is 8.66. The van der Waals surface area contributed by atoms with Crippen molar-refractivity contribution in [1.29, 1.82) is 0 Å². The van der Waals surface area contributed by atoms with E-state index in [9.17, 15) is 9.59 Å². The number of anilines is 2. The van der Waals surface area contributed by atoms with Gasteiger partial charge in [0.05, 0.1) is 5.69 Å². The minimum atomic E-state index is -0.470. The predicted octanol–water partition coefficient (Wildman–Crippen LogP) is 4.55. The third-order valence-electron chi connectivity index (χ3n) is 6.33. The molecule has 0 spiro atoms. The van der Waals surface area contributed by atoms with Crippen LogP contribution in [0.4, 0.5) is 11.4 Å². The van der Waals surface area contributed by atoms with Gasteiger partial charge in [0, 0.05) is 18.3 Å². The number of nitrogens with one attached hydrogen (secondary N) is 1. The molecule has 1 saturated heterocycles. The number of nitrogens with zero attached hydrogens (tertiary/aromatic N) is 2. The molecule has 5 nitrogen and oxygen atoms in total. The maximum absolute atomic E-state index is 13.3. The molecule has 1 atom stereocenters. The minimum absolute atomic E-state index is 0.0761. The topological polar surface area (TPSA) is 52.7 Å². The van der Waals surface area contributed by atoms with Crippen LogP contribution < -0.4 is 15.1 Å². The lowest BCUT2D eigenvalue weighted by molar-refractivity contribution is -0.122. The number of hydrogen-bond donors (Lipinski definition) is 1. The van der Waals surface area contributed by atoms with E-state index in [1.165, 1.54) is 16.2 Å². The fourth-order valence-electron chi connectivity index (χ4n) is 4.51. The van der Waals surface area contributed by atoms with Crippen molar-refractivity contribution in [2.24, 2.45) is 0 Å². The van der Waals surface area contributed by atoms with Crippen LogP contribution in [0.15, 0.2) is 48.0 Å². The van der Waals surface area contributed by atoms with E-state index in [0.717, 1.165) is 17.5 Å². The molecule has 0 radical (unpaired) electrons. The number of amides is 2. The van der Waals surface area contributed by atoms with Gasteiger partial charge in [-0.3, -0.25) is 19.8 Å². The van der Waals surface area contributed by atoms with Gasteiger partial charge in [-0.1, -0.05) is 25.1 Å². The Morgan fingerprint density at radius 1 is 1.16 bits per heavy atom. The Morgan fingerprint density at radius 3 is 2.61 bits per heavy atom. The van der Waals surface area contributed by atoms with Crippen molar-refractivity contribution in [3.05, 3.63) is 64.7 Å². The first-order valence-corrected chi connectivity index (χ1v) is 10.9. The van der Waals surface area contributed by atoms with E-state index in [4.69, 9.17) is 12.2 Å². The van der Waals surface area contributed by atoms with Crippen molar-refractivity contribution in [1.82, 2.24) is 5.32 Å². The standard InChI is InChI=1S/C25H27N3O2S/c1-15-7-6-8-18(11-15)28-23(30)20(22(29)26-24(28)31)13-17-9-10-21-19(12-17)16(2)14-25(3,4)27(21)5/h6-13,16H,14H2,1-5H3,(H,26,29,31)/b20-13+/t16-/m1/s1. The molecule has 31 heavy (non-hydrogen) atoms. The zero-order valence-electron chi connectivity index (χ0n) is 18.5. The van der Waals surface area contributed by atoms with Crippen molar-refractivity contribution in [2.45, 2.75) is 45.6 Å². The summed E-state index contributed by atoms with van der Waals surface area (Å²) < 4.78 is 0. The minimum Gasteiger partial charge on any atom is -0.369 e. The van der Waals surface area contributed by atoms with Crippen LogP contribution in [0, 0.1) is 6.92 Å². The molecule has 2 aromatic carbocycles. The second kappa shape index (κ2) is 7.61. The average molecular weight is 434 g/mol. The van der Waals surface area contributed by atoms with E-state index in [-0.39, 0.29) is 16.2 Å². The number of carbonyl (C=O) groups is 2. The zero-order chi connectivity index (χ0) is 22.5. The van der Waals surface area contributed by atoms with Crippen LogP contribution in [-0.2, 0) is 9.59 Å². The summed E-state index contributed by atoms with van der Waals surface area (Å²) in [4.78, 5) is 29.6. The van der Waals surface area contributed by atoms with Gasteiger partial charge in [-0.15, -0.1) is 0 Å². The monoisotopic (exact) mass is 433 g/mol. The van der Waals surface area contributed by atoms with Crippen molar-refractivity contribution in [3.63, 3.8) is 0 Å². The van der Waals surface area contributed by atoms with E-state index in [1.807, 2.05) is 37.3 Å². The van der Waals surface area contributed by atoms with Crippen molar-refractivity contribution >= 4 is 46.6 Å². The largest absolute Gasteiger partial charge is 0.369 e. The number of carbonyl (C=O) groups excluding carboxylic acids is 2. The summed E-state index contributed by atoms with van der Waals surface area (Å²) in [5.41, 5.74) is 5.05. The lowest BCUT2D eigenvalue weighted by Gasteiger charge is -2.45. The Balaban J connectivity index is 1.73. The van der Waals surface area contributed by atoms with Crippen LogP contribution in [0.1, 0.15) is 49.8 Å². The molecule has 2 heterocycles. The number of thiocarbonyl (C=S) groups is 1. The van der Waals surface area contributed by atoms with E-state index in [2.05, 4.69) is 50.2 Å². The van der Waals surface area contributed by atoms with Crippen LogP contribution in [-0.4, -0.2) is 29.5 Å². The Kier molecular flexibility index (Phi) is 5.21. The molecule has 1 N–H and O–H groups in total. The summed E-state index contributed by atoms with van der Waals surface area (Å²) in [6.07, 6.45) is 2.69. The molecule has 2 amide bonds. The summed E-state index contributed by atoms with van der Waals surface area (Å²) in [6, 6.07) is 13.6. The lowest BCUT2D eigenvalue weighted by Crippen LogP contribution is -2.54. The third kappa shape index (κ3) is 3.76. The Labute approximate surface area is 188 Å². The molecule has 0 unspecified atom stereocenters. The summed E-state index contributed by atoms with van der Waals surface area (Å²) in [7, 11) is 2.11. The van der Waals surface area contributed by atoms with Gasteiger partial charge in [0.15, 0.2) is 5.11 Å². The van der Waals surface area contributed by atoms with Gasteiger partial charge in [-0.2, -0.15) is 0 Å². The Bertz CT molecular complexity index is 1140. The smallest absolute Gasteiger partial charge is 0.270 e. The van der Waals surface area contributed by atoms with Crippen LogP contribution in [0.3, 0.4) is 0 Å². The van der Waals surface area contributed by atoms with Gasteiger partial charge in [-0.05, 0) is 92.4 Å². The molecule has 0 aromatic heterocycles. The molecule has 2 aliphatic heterocycles. The normalized spacial score (nSPS) is 21.9. The SMILES string of the molecule is Cc1cccc(N2C(=O)/C(=C/c3ccc4c(c3)[C@H](C)CC(C)(C)N4C)C(=O)NC2=S)c1. The van der Waals surface area contributed by atoms with Crippen molar-refractivity contribution < 1.29 is 9.59 Å². The van der Waals surface area contributed by atoms with E-state index in [0.29, 0.717) is 11.6 Å². The maximum atomic E-state index is 13.3. The van der Waals surface area contributed by atoms with E-state index >= 15 is 0 Å². The molecule has 0 bridgehead atoms. The molecular formula is C25H27N3O2S. The Hall–Kier alpha value is -2.99. The fraction of sp³-hybridized carbons (Fsp3) is 0.320. The van der Waals surface area contributed by atoms with Gasteiger partial charge in [0.25, 0.3) is 11.8 Å². The number of rotatable bonds is 2. The highest BCUT2D eigenvalue weighted by Crippen LogP contribution is 2.42. The van der Waals surface area contributed by atoms with Crippen LogP contribution >= 0.6 is 12.2 Å². The van der Waals surface area contributed by atoms with Crippen LogP contribution in [0.25, 0.3) is 6.08 Å². The van der Waals surface area contributed by atoms with Gasteiger partial charge >= 0.3 is 0 Å². The van der Waals surface area contributed by atoms with Crippen molar-refractivity contribution in [3.8, 4) is 0 Å². The van der Waals surface area contributed by atoms with Crippen molar-refractivity contribution in [2.75, 3.05) is 16.8 Å². The molecular weight excluding hydrogens is 406 g/mol. The molecule has 2 aromatic rings. The third-order valence-corrected chi connectivity index (χ3v) is 6.61. The van der Waals surface area contributed by atoms with Gasteiger partial charge in [-0.25, -0.2) is 0 Å². The first-order valence-electron chi connectivity index (χ1n) is 10.4. The number of hydrogen-bond acceptors (Lipinski definition) is 4. The first kappa shape index (κ1) is 21.2. The molecule has 0 saturated carbocycles. The van der Waals surface area contributed by atoms with Gasteiger partial charge in [0.2, 0.25) is 0 Å². The molecule has 6 heteroatoms. The van der Waals surface area contributed by atoms with E-state index < -0.39 is 11.8 Å². The molecule has 0 aliphatic carbocycles. The fourth-order valence-corrected chi connectivity index (χ4v) is 4.79. The maximum Gasteiger partial charge on any atom is 0.270 e. The highest BCUT2D eigenvalue weighted by atomic mass is 32.1. The summed E-state index contributed by atoms with van der Waals surface area (Å²) >= 11 is 5.29. The van der Waals surface area contributed by atoms with Crippen LogP contribution in [0.5, 0.6) is 0 Å². The van der Waals surface area contributed by atoms with Gasteiger partial charge < -0.3 is 4.90 Å². The predicted molar refractivity (Wildman–Crippen MR) is 129 cm³/mol. The molecule has 2 aliphatic rings.